The number of nitrogens with one attached hydrogen (secondary N) is 2. The van der Waals surface area contributed by atoms with Crippen LogP contribution in [0.1, 0.15) is 20.8 Å². The van der Waals surface area contributed by atoms with Crippen molar-refractivity contribution in [1.82, 2.24) is 5.32 Å². The number of hydrogen-bond donors (Lipinski definition) is 2. The van der Waals surface area contributed by atoms with Crippen LogP contribution in [-0.2, 0) is 4.79 Å². The van der Waals surface area contributed by atoms with Gasteiger partial charge in [-0.2, -0.15) is 0 Å². The Kier molecular flexibility index (Phi) is 4.69. The summed E-state index contributed by atoms with van der Waals surface area (Å²) in [5.41, 5.74) is 0.0209. The van der Waals surface area contributed by atoms with Gasteiger partial charge in [-0.3, -0.25) is 4.79 Å². The van der Waals surface area contributed by atoms with E-state index in [2.05, 4.69) is 17.2 Å². The van der Waals surface area contributed by atoms with E-state index in [0.717, 1.165) is 6.08 Å². The Morgan fingerprint density at radius 1 is 1.26 bits per heavy atom. The number of amides is 2. The summed E-state index contributed by atoms with van der Waals surface area (Å²) < 4.78 is 5.17. The average Bonchev–Trinajstić information content (AvgIpc) is 2.29. The van der Waals surface area contributed by atoms with Crippen LogP contribution in [-0.4, -0.2) is 17.5 Å². The molecule has 0 radical (unpaired) electrons. The molecule has 2 amide bonds. The van der Waals surface area contributed by atoms with Gasteiger partial charge in [-0.1, -0.05) is 18.7 Å². The Morgan fingerprint density at radius 3 is 2.47 bits per heavy atom. The number of anilines is 1. The highest BCUT2D eigenvalue weighted by Gasteiger charge is 2.16. The second-order valence-corrected chi connectivity index (χ2v) is 4.95. The number of hydrogen-bond acceptors (Lipinski definition) is 3. The first-order valence-corrected chi connectivity index (χ1v) is 5.84. The summed E-state index contributed by atoms with van der Waals surface area (Å²) in [7, 11) is 0. The maximum absolute atomic E-state index is 11.7. The fourth-order valence-corrected chi connectivity index (χ4v) is 1.27. The van der Waals surface area contributed by atoms with Gasteiger partial charge in [-0.05, 0) is 39.0 Å². The first kappa shape index (κ1) is 14.8. The molecule has 0 aliphatic carbocycles. The van der Waals surface area contributed by atoms with Crippen LogP contribution in [0.25, 0.3) is 0 Å². The molecule has 1 aromatic carbocycles. The summed E-state index contributed by atoms with van der Waals surface area (Å²) in [6.45, 7) is 8.90. The predicted octanol–water partition coefficient (Wildman–Crippen LogP) is 2.70. The van der Waals surface area contributed by atoms with Gasteiger partial charge >= 0.3 is 6.09 Å². The summed E-state index contributed by atoms with van der Waals surface area (Å²) in [5, 5.41) is 5.23. The molecule has 2 N–H and O–H groups in total. The molecule has 0 saturated carbocycles. The van der Waals surface area contributed by atoms with Gasteiger partial charge in [0.1, 0.15) is 0 Å². The standard InChI is InChI=1S/C14H18N2O3/c1-5-12(17)15-10-8-6-7-9-11(10)19-13(18)16-14(2,3)4/h5-9H,1H2,2-4H3,(H,15,17)(H,16,18). The second kappa shape index (κ2) is 6.04. The van der Waals surface area contributed by atoms with E-state index in [4.69, 9.17) is 4.74 Å². The van der Waals surface area contributed by atoms with E-state index in [-0.39, 0.29) is 11.7 Å². The van der Waals surface area contributed by atoms with E-state index in [1.165, 1.54) is 0 Å². The van der Waals surface area contributed by atoms with Crippen molar-refractivity contribution in [2.45, 2.75) is 26.3 Å². The van der Waals surface area contributed by atoms with Crippen LogP contribution in [0.4, 0.5) is 10.5 Å². The Balaban J connectivity index is 2.80. The molecule has 0 heterocycles. The van der Waals surface area contributed by atoms with E-state index in [0.29, 0.717) is 5.69 Å². The number of carbonyl (C=O) groups is 2. The fourth-order valence-electron chi connectivity index (χ4n) is 1.27. The lowest BCUT2D eigenvalue weighted by Gasteiger charge is -2.20. The molecule has 0 aliphatic heterocycles. The molecule has 1 rings (SSSR count). The van der Waals surface area contributed by atoms with Gasteiger partial charge in [-0.25, -0.2) is 4.79 Å². The Labute approximate surface area is 112 Å². The maximum Gasteiger partial charge on any atom is 0.413 e. The van der Waals surface area contributed by atoms with Crippen LogP contribution in [0.3, 0.4) is 0 Å². The van der Waals surface area contributed by atoms with Crippen molar-refractivity contribution in [2.75, 3.05) is 5.32 Å². The van der Waals surface area contributed by atoms with Gasteiger partial charge in [-0.15, -0.1) is 0 Å². The van der Waals surface area contributed by atoms with Crippen LogP contribution in [0.15, 0.2) is 36.9 Å². The van der Waals surface area contributed by atoms with Gasteiger partial charge < -0.3 is 15.4 Å². The predicted molar refractivity (Wildman–Crippen MR) is 74.2 cm³/mol. The molecule has 0 saturated heterocycles. The second-order valence-electron chi connectivity index (χ2n) is 4.95. The molecule has 0 aromatic heterocycles. The fraction of sp³-hybridized carbons (Fsp3) is 0.286. The molecular weight excluding hydrogens is 244 g/mol. The third-order valence-corrected chi connectivity index (χ3v) is 2.01. The van der Waals surface area contributed by atoms with E-state index in [1.807, 2.05) is 20.8 Å². The summed E-state index contributed by atoms with van der Waals surface area (Å²) in [4.78, 5) is 22.9. The highest BCUT2D eigenvalue weighted by molar-refractivity contribution is 6.00. The zero-order valence-corrected chi connectivity index (χ0v) is 11.3. The minimum absolute atomic E-state index is 0.277. The molecule has 102 valence electrons. The van der Waals surface area contributed by atoms with E-state index >= 15 is 0 Å². The lowest BCUT2D eigenvalue weighted by atomic mass is 10.1. The van der Waals surface area contributed by atoms with Crippen molar-refractivity contribution in [3.8, 4) is 5.75 Å². The van der Waals surface area contributed by atoms with Gasteiger partial charge in [0, 0.05) is 5.54 Å². The SMILES string of the molecule is C=CC(=O)Nc1ccccc1OC(=O)NC(C)(C)C. The molecule has 19 heavy (non-hydrogen) atoms. The first-order chi connectivity index (χ1) is 8.81. The van der Waals surface area contributed by atoms with E-state index in [9.17, 15) is 9.59 Å². The molecule has 0 aliphatic rings. The van der Waals surface area contributed by atoms with E-state index in [1.54, 1.807) is 24.3 Å². The van der Waals surface area contributed by atoms with Crippen molar-refractivity contribution >= 4 is 17.7 Å². The quantitative estimate of drug-likeness (QED) is 0.823. The van der Waals surface area contributed by atoms with Crippen LogP contribution >= 0.6 is 0 Å². The summed E-state index contributed by atoms with van der Waals surface area (Å²) in [6.07, 6.45) is 0.569. The lowest BCUT2D eigenvalue weighted by molar-refractivity contribution is -0.111. The lowest BCUT2D eigenvalue weighted by Crippen LogP contribution is -2.42. The highest BCUT2D eigenvalue weighted by atomic mass is 16.6. The zero-order valence-electron chi connectivity index (χ0n) is 11.3. The summed E-state index contributed by atoms with van der Waals surface area (Å²) in [6, 6.07) is 6.68. The molecule has 0 bridgehead atoms. The Morgan fingerprint density at radius 2 is 1.89 bits per heavy atom. The third-order valence-electron chi connectivity index (χ3n) is 2.01. The normalized spacial score (nSPS) is 10.5. The smallest absolute Gasteiger partial charge is 0.408 e. The minimum atomic E-state index is -0.576. The number of benzene rings is 1. The highest BCUT2D eigenvalue weighted by Crippen LogP contribution is 2.24. The molecular formula is C14H18N2O3. The molecule has 0 fully saturated rings. The molecule has 5 heteroatoms. The number of rotatable bonds is 3. The summed E-state index contributed by atoms with van der Waals surface area (Å²) in [5.74, 6) is -0.0910. The monoisotopic (exact) mass is 262 g/mol. The first-order valence-electron chi connectivity index (χ1n) is 5.84. The van der Waals surface area contributed by atoms with Crippen molar-refractivity contribution in [3.05, 3.63) is 36.9 Å². The number of ether oxygens (including phenoxy) is 1. The largest absolute Gasteiger partial charge is 0.413 e. The molecule has 0 unspecified atom stereocenters. The van der Waals surface area contributed by atoms with Crippen molar-refractivity contribution < 1.29 is 14.3 Å². The van der Waals surface area contributed by atoms with Crippen molar-refractivity contribution in [1.29, 1.82) is 0 Å². The number of carbonyl (C=O) groups excluding carboxylic acids is 2. The average molecular weight is 262 g/mol. The van der Waals surface area contributed by atoms with Gasteiger partial charge in [0.2, 0.25) is 5.91 Å². The molecule has 0 atom stereocenters. The van der Waals surface area contributed by atoms with Crippen molar-refractivity contribution in [3.63, 3.8) is 0 Å². The molecule has 1 aromatic rings. The van der Waals surface area contributed by atoms with Gasteiger partial charge in [0.15, 0.2) is 5.75 Å². The van der Waals surface area contributed by atoms with Crippen LogP contribution in [0.2, 0.25) is 0 Å². The Bertz CT molecular complexity index is 490. The van der Waals surface area contributed by atoms with Gasteiger partial charge in [0.25, 0.3) is 0 Å². The van der Waals surface area contributed by atoms with Crippen molar-refractivity contribution in [2.24, 2.45) is 0 Å². The molecule has 0 spiro atoms. The van der Waals surface area contributed by atoms with Gasteiger partial charge in [0.05, 0.1) is 5.69 Å². The van der Waals surface area contributed by atoms with Crippen LogP contribution < -0.4 is 15.4 Å². The Hall–Kier alpha value is -2.30. The van der Waals surface area contributed by atoms with E-state index < -0.39 is 11.6 Å². The summed E-state index contributed by atoms with van der Waals surface area (Å²) >= 11 is 0. The van der Waals surface area contributed by atoms with Crippen LogP contribution in [0.5, 0.6) is 5.75 Å². The minimum Gasteiger partial charge on any atom is -0.408 e. The zero-order chi connectivity index (χ0) is 14.5. The topological polar surface area (TPSA) is 67.4 Å². The maximum atomic E-state index is 11.7. The molecule has 5 nitrogen and oxygen atoms in total. The van der Waals surface area contributed by atoms with Crippen LogP contribution in [0, 0.1) is 0 Å². The third kappa shape index (κ3) is 5.25. The number of para-hydroxylation sites is 2.